The van der Waals surface area contributed by atoms with E-state index in [1.807, 2.05) is 0 Å². The number of aryl methyl sites for hydroxylation is 1. The molecule has 0 aliphatic carbocycles. The molecule has 0 saturated heterocycles. The number of aromatic nitrogens is 3. The van der Waals surface area contributed by atoms with E-state index in [9.17, 15) is 4.79 Å². The fraction of sp³-hybridized carbons (Fsp3) is 0.176. The highest BCUT2D eigenvalue weighted by molar-refractivity contribution is 6.04. The fourth-order valence-electron chi connectivity index (χ4n) is 2.37. The lowest BCUT2D eigenvalue weighted by Gasteiger charge is -2.19. The first kappa shape index (κ1) is 15.9. The molecule has 3 aromatic rings. The number of rotatable bonds is 4. The zero-order chi connectivity index (χ0) is 17.9. The lowest BCUT2D eigenvalue weighted by molar-refractivity contribution is 0.102. The van der Waals surface area contributed by atoms with E-state index in [-0.39, 0.29) is 5.91 Å². The number of nitrogens with one attached hydrogen (secondary N) is 2. The Balaban J connectivity index is 1.43. The van der Waals surface area contributed by atoms with Crippen molar-refractivity contribution >= 4 is 23.4 Å². The summed E-state index contributed by atoms with van der Waals surface area (Å²) in [5.74, 6) is 2.42. The molecule has 9 heteroatoms. The number of benzene rings is 1. The van der Waals surface area contributed by atoms with Crippen molar-refractivity contribution in [2.45, 2.75) is 6.92 Å². The Labute approximate surface area is 148 Å². The maximum absolute atomic E-state index is 12.3. The summed E-state index contributed by atoms with van der Waals surface area (Å²) in [6, 6.07) is 6.94. The van der Waals surface area contributed by atoms with Crippen molar-refractivity contribution in [3.8, 4) is 11.5 Å². The molecule has 3 heterocycles. The van der Waals surface area contributed by atoms with Gasteiger partial charge >= 0.3 is 0 Å². The Kier molecular flexibility index (Phi) is 4.10. The lowest BCUT2D eigenvalue weighted by atomic mass is 10.2. The Morgan fingerprint density at radius 2 is 1.85 bits per heavy atom. The quantitative estimate of drug-likeness (QED) is 0.736. The highest BCUT2D eigenvalue weighted by atomic mass is 16.6. The first-order valence-electron chi connectivity index (χ1n) is 7.91. The monoisotopic (exact) mass is 353 g/mol. The van der Waals surface area contributed by atoms with Crippen LogP contribution in [0, 0.1) is 6.92 Å². The second-order valence-electron chi connectivity index (χ2n) is 5.56. The van der Waals surface area contributed by atoms with Gasteiger partial charge in [-0.1, -0.05) is 5.16 Å². The molecule has 4 rings (SSSR count). The van der Waals surface area contributed by atoms with E-state index in [1.54, 1.807) is 31.2 Å². The molecule has 1 aromatic carbocycles. The van der Waals surface area contributed by atoms with Crippen LogP contribution in [0.3, 0.4) is 0 Å². The smallest absolute Gasteiger partial charge is 0.258 e. The molecule has 1 aliphatic heterocycles. The average molecular weight is 353 g/mol. The SMILES string of the molecule is Cc1cc(Nc2ncc(C(=O)Nc3ccc4c(c3)OCCO4)cn2)no1. The van der Waals surface area contributed by atoms with Crippen LogP contribution in [0.1, 0.15) is 16.1 Å². The number of nitrogens with zero attached hydrogens (tertiary/aromatic N) is 3. The van der Waals surface area contributed by atoms with Crippen LogP contribution in [-0.4, -0.2) is 34.2 Å². The molecule has 0 spiro atoms. The normalized spacial score (nSPS) is 12.5. The van der Waals surface area contributed by atoms with Crippen molar-refractivity contribution in [2.24, 2.45) is 0 Å². The van der Waals surface area contributed by atoms with Crippen LogP contribution in [0.5, 0.6) is 11.5 Å². The van der Waals surface area contributed by atoms with Gasteiger partial charge in [-0.15, -0.1) is 0 Å². The molecule has 1 aliphatic rings. The van der Waals surface area contributed by atoms with Gasteiger partial charge in [0.1, 0.15) is 19.0 Å². The molecular formula is C17H15N5O4. The molecule has 2 aromatic heterocycles. The van der Waals surface area contributed by atoms with Crippen LogP contribution in [0.2, 0.25) is 0 Å². The van der Waals surface area contributed by atoms with E-state index in [4.69, 9.17) is 14.0 Å². The maximum Gasteiger partial charge on any atom is 0.258 e. The first-order valence-corrected chi connectivity index (χ1v) is 7.91. The van der Waals surface area contributed by atoms with Gasteiger partial charge in [0.05, 0.1) is 5.56 Å². The van der Waals surface area contributed by atoms with Gasteiger partial charge in [0.25, 0.3) is 5.91 Å². The van der Waals surface area contributed by atoms with Gasteiger partial charge in [-0.3, -0.25) is 4.79 Å². The van der Waals surface area contributed by atoms with Gasteiger partial charge in [0, 0.05) is 30.2 Å². The number of hydrogen-bond acceptors (Lipinski definition) is 8. The standard InChI is InChI=1S/C17H15N5O4/c1-10-6-15(22-26-10)21-17-18-8-11(9-19-17)16(23)20-12-2-3-13-14(7-12)25-5-4-24-13/h2-3,6-9H,4-5H2,1H3,(H,20,23)(H,18,19,21,22). The van der Waals surface area contributed by atoms with E-state index in [0.717, 1.165) is 0 Å². The largest absolute Gasteiger partial charge is 0.486 e. The number of hydrogen-bond donors (Lipinski definition) is 2. The summed E-state index contributed by atoms with van der Waals surface area (Å²) in [7, 11) is 0. The van der Waals surface area contributed by atoms with Crippen molar-refractivity contribution in [3.05, 3.63) is 48.0 Å². The van der Waals surface area contributed by atoms with Gasteiger partial charge in [0.2, 0.25) is 5.95 Å². The summed E-state index contributed by atoms with van der Waals surface area (Å²) in [4.78, 5) is 20.6. The van der Waals surface area contributed by atoms with Gasteiger partial charge in [-0.25, -0.2) is 9.97 Å². The van der Waals surface area contributed by atoms with Crippen LogP contribution in [0.15, 0.2) is 41.2 Å². The molecule has 0 saturated carbocycles. The zero-order valence-electron chi connectivity index (χ0n) is 13.9. The highest BCUT2D eigenvalue weighted by Crippen LogP contribution is 2.32. The van der Waals surface area contributed by atoms with Crippen molar-refractivity contribution in [2.75, 3.05) is 23.8 Å². The molecule has 26 heavy (non-hydrogen) atoms. The number of carbonyl (C=O) groups is 1. The summed E-state index contributed by atoms with van der Waals surface area (Å²) < 4.78 is 15.9. The summed E-state index contributed by atoms with van der Waals surface area (Å²) in [5.41, 5.74) is 0.918. The molecule has 1 amide bonds. The summed E-state index contributed by atoms with van der Waals surface area (Å²) >= 11 is 0. The molecule has 0 fully saturated rings. The molecule has 0 unspecified atom stereocenters. The fourth-order valence-corrected chi connectivity index (χ4v) is 2.37. The number of ether oxygens (including phenoxy) is 2. The average Bonchev–Trinajstić information content (AvgIpc) is 3.07. The summed E-state index contributed by atoms with van der Waals surface area (Å²) in [5, 5.41) is 9.46. The van der Waals surface area contributed by atoms with E-state index in [2.05, 4.69) is 25.8 Å². The molecule has 0 radical (unpaired) electrons. The van der Waals surface area contributed by atoms with Crippen molar-refractivity contribution in [1.82, 2.24) is 15.1 Å². The molecule has 132 valence electrons. The minimum atomic E-state index is -0.328. The molecule has 9 nitrogen and oxygen atoms in total. The van der Waals surface area contributed by atoms with Crippen LogP contribution in [-0.2, 0) is 0 Å². The number of fused-ring (bicyclic) bond motifs is 1. The van der Waals surface area contributed by atoms with E-state index >= 15 is 0 Å². The number of carbonyl (C=O) groups excluding carboxylic acids is 1. The zero-order valence-corrected chi connectivity index (χ0v) is 13.9. The second kappa shape index (κ2) is 6.71. The number of amides is 1. The Morgan fingerprint density at radius 1 is 1.08 bits per heavy atom. The lowest BCUT2D eigenvalue weighted by Crippen LogP contribution is -2.16. The minimum Gasteiger partial charge on any atom is -0.486 e. The van der Waals surface area contributed by atoms with Crippen LogP contribution in [0.25, 0.3) is 0 Å². The first-order chi connectivity index (χ1) is 12.7. The Morgan fingerprint density at radius 3 is 2.58 bits per heavy atom. The summed E-state index contributed by atoms with van der Waals surface area (Å²) in [6.07, 6.45) is 2.85. The summed E-state index contributed by atoms with van der Waals surface area (Å²) in [6.45, 7) is 2.78. The van der Waals surface area contributed by atoms with Crippen molar-refractivity contribution in [3.63, 3.8) is 0 Å². The maximum atomic E-state index is 12.3. The second-order valence-corrected chi connectivity index (χ2v) is 5.56. The predicted octanol–water partition coefficient (Wildman–Crippen LogP) is 2.54. The Bertz CT molecular complexity index is 939. The predicted molar refractivity (Wildman–Crippen MR) is 91.9 cm³/mol. The third-order valence-corrected chi connectivity index (χ3v) is 3.58. The highest BCUT2D eigenvalue weighted by Gasteiger charge is 2.14. The van der Waals surface area contributed by atoms with E-state index in [0.29, 0.717) is 53.5 Å². The van der Waals surface area contributed by atoms with Gasteiger partial charge in [-0.2, -0.15) is 0 Å². The topological polar surface area (TPSA) is 111 Å². The van der Waals surface area contributed by atoms with Crippen LogP contribution < -0.4 is 20.1 Å². The molecule has 2 N–H and O–H groups in total. The third kappa shape index (κ3) is 3.41. The van der Waals surface area contributed by atoms with Gasteiger partial charge in [-0.05, 0) is 19.1 Å². The molecule has 0 bridgehead atoms. The van der Waals surface area contributed by atoms with Crippen molar-refractivity contribution < 1.29 is 18.8 Å². The number of anilines is 3. The van der Waals surface area contributed by atoms with Crippen molar-refractivity contribution in [1.29, 1.82) is 0 Å². The minimum absolute atomic E-state index is 0.314. The molecular weight excluding hydrogens is 338 g/mol. The van der Waals surface area contributed by atoms with E-state index < -0.39 is 0 Å². The molecule has 0 atom stereocenters. The van der Waals surface area contributed by atoms with Crippen LogP contribution in [0.4, 0.5) is 17.5 Å². The Hall–Kier alpha value is -3.62. The third-order valence-electron chi connectivity index (χ3n) is 3.58. The van der Waals surface area contributed by atoms with Gasteiger partial charge in [0.15, 0.2) is 17.3 Å². The van der Waals surface area contributed by atoms with Crippen LogP contribution >= 0.6 is 0 Å². The van der Waals surface area contributed by atoms with Gasteiger partial charge < -0.3 is 24.6 Å². The van der Waals surface area contributed by atoms with E-state index in [1.165, 1.54) is 12.4 Å².